The number of nitrogens with one attached hydrogen (secondary N) is 2. The Hall–Kier alpha value is -2.54. The van der Waals surface area contributed by atoms with E-state index in [4.69, 9.17) is 0 Å². The lowest BCUT2D eigenvalue weighted by Gasteiger charge is -2.19. The van der Waals surface area contributed by atoms with E-state index in [1.807, 2.05) is 30.3 Å². The van der Waals surface area contributed by atoms with Crippen LogP contribution in [0.3, 0.4) is 0 Å². The second-order valence-corrected chi connectivity index (χ2v) is 8.72. The molecule has 0 aliphatic rings. The molecule has 0 unspecified atom stereocenters. The number of hydrogen-bond acceptors (Lipinski definition) is 4. The molecule has 0 saturated heterocycles. The van der Waals surface area contributed by atoms with E-state index in [-0.39, 0.29) is 0 Å². The maximum Gasteiger partial charge on any atom is 0.190 e. The summed E-state index contributed by atoms with van der Waals surface area (Å²) in [5, 5.41) is 6.61. The van der Waals surface area contributed by atoms with Crippen molar-refractivity contribution in [2.75, 3.05) is 44.9 Å². The molecule has 0 bridgehead atoms. The zero-order valence-electron chi connectivity index (χ0n) is 16.9. The molecule has 0 aliphatic carbocycles. The summed E-state index contributed by atoms with van der Waals surface area (Å²) in [7, 11) is 0.708. The Bertz CT molecular complexity index is 850. The number of para-hydroxylation sites is 1. The molecule has 0 aliphatic heterocycles. The van der Waals surface area contributed by atoms with Crippen molar-refractivity contribution >= 4 is 21.5 Å². The number of aliphatic imine (C=N–C) groups is 1. The smallest absolute Gasteiger partial charge is 0.190 e. The molecule has 0 amide bonds. The van der Waals surface area contributed by atoms with Crippen LogP contribution in [-0.2, 0) is 16.3 Å². The average molecular weight is 403 g/mol. The molecule has 0 atom stereocenters. The molecule has 28 heavy (non-hydrogen) atoms. The molecule has 152 valence electrons. The quantitative estimate of drug-likeness (QED) is 0.383. The van der Waals surface area contributed by atoms with Gasteiger partial charge in [0.15, 0.2) is 15.8 Å². The van der Waals surface area contributed by atoms with Gasteiger partial charge in [-0.05, 0) is 42.7 Å². The predicted molar refractivity (Wildman–Crippen MR) is 117 cm³/mol. The van der Waals surface area contributed by atoms with E-state index in [9.17, 15) is 8.42 Å². The van der Waals surface area contributed by atoms with Crippen LogP contribution in [0.4, 0.5) is 5.69 Å². The fourth-order valence-corrected chi connectivity index (χ4v) is 3.41. The van der Waals surface area contributed by atoms with Crippen molar-refractivity contribution < 1.29 is 8.42 Å². The first-order chi connectivity index (χ1) is 13.4. The molecular formula is C21H30N4O2S. The monoisotopic (exact) mass is 402 g/mol. The molecular weight excluding hydrogens is 372 g/mol. The molecule has 0 radical (unpaired) electrons. The summed E-state index contributed by atoms with van der Waals surface area (Å²) in [6, 6.07) is 17.3. The van der Waals surface area contributed by atoms with E-state index >= 15 is 0 Å². The summed E-state index contributed by atoms with van der Waals surface area (Å²) < 4.78 is 23.0. The van der Waals surface area contributed by atoms with Crippen molar-refractivity contribution in [1.82, 2.24) is 10.6 Å². The maximum absolute atomic E-state index is 11.5. The van der Waals surface area contributed by atoms with Gasteiger partial charge in [-0.1, -0.05) is 30.3 Å². The van der Waals surface area contributed by atoms with E-state index < -0.39 is 9.84 Å². The number of sulfone groups is 1. The highest BCUT2D eigenvalue weighted by Gasteiger charge is 2.06. The highest BCUT2D eigenvalue weighted by molar-refractivity contribution is 7.90. The molecule has 0 fully saturated rings. The van der Waals surface area contributed by atoms with Gasteiger partial charge in [0.25, 0.3) is 0 Å². The topological polar surface area (TPSA) is 73.8 Å². The Kier molecular flexibility index (Phi) is 8.32. The molecule has 0 aromatic heterocycles. The SMILES string of the molecule is CN=C(NCCCN(C)c1ccccc1)NCCc1ccc(S(C)(=O)=O)cc1. The first-order valence-electron chi connectivity index (χ1n) is 9.40. The van der Waals surface area contributed by atoms with Crippen molar-refractivity contribution in [3.63, 3.8) is 0 Å². The largest absolute Gasteiger partial charge is 0.375 e. The number of nitrogens with zero attached hydrogens (tertiary/aromatic N) is 2. The molecule has 7 heteroatoms. The third-order valence-electron chi connectivity index (χ3n) is 4.44. The Morgan fingerprint density at radius 3 is 2.25 bits per heavy atom. The normalized spacial score (nSPS) is 11.9. The molecule has 2 rings (SSSR count). The van der Waals surface area contributed by atoms with Crippen molar-refractivity contribution in [2.24, 2.45) is 4.99 Å². The van der Waals surface area contributed by atoms with Crippen LogP contribution in [-0.4, -0.2) is 54.4 Å². The summed E-state index contributed by atoms with van der Waals surface area (Å²) in [5.41, 5.74) is 2.30. The minimum Gasteiger partial charge on any atom is -0.375 e. The van der Waals surface area contributed by atoms with Crippen LogP contribution in [0.15, 0.2) is 64.5 Å². The maximum atomic E-state index is 11.5. The zero-order chi connectivity index (χ0) is 20.4. The van der Waals surface area contributed by atoms with Gasteiger partial charge in [0.05, 0.1) is 4.90 Å². The predicted octanol–water partition coefficient (Wildman–Crippen LogP) is 2.32. The Balaban J connectivity index is 1.67. The van der Waals surface area contributed by atoms with Gasteiger partial charge in [0, 0.05) is 45.7 Å². The lowest BCUT2D eigenvalue weighted by Crippen LogP contribution is -2.39. The number of rotatable bonds is 9. The van der Waals surface area contributed by atoms with E-state index in [1.54, 1.807) is 19.2 Å². The van der Waals surface area contributed by atoms with Crippen LogP contribution in [0.25, 0.3) is 0 Å². The van der Waals surface area contributed by atoms with Gasteiger partial charge < -0.3 is 15.5 Å². The Morgan fingerprint density at radius 1 is 1.00 bits per heavy atom. The van der Waals surface area contributed by atoms with Crippen molar-refractivity contribution in [3.05, 3.63) is 60.2 Å². The second-order valence-electron chi connectivity index (χ2n) is 6.70. The number of benzene rings is 2. The van der Waals surface area contributed by atoms with Crippen molar-refractivity contribution in [2.45, 2.75) is 17.7 Å². The molecule has 0 saturated carbocycles. The highest BCUT2D eigenvalue weighted by Crippen LogP contribution is 2.11. The van der Waals surface area contributed by atoms with Crippen LogP contribution in [0.5, 0.6) is 0 Å². The first kappa shape index (κ1) is 21.8. The minimum absolute atomic E-state index is 0.349. The molecule has 2 aromatic carbocycles. The highest BCUT2D eigenvalue weighted by atomic mass is 32.2. The van der Waals surface area contributed by atoms with Crippen LogP contribution in [0, 0.1) is 0 Å². The van der Waals surface area contributed by atoms with Gasteiger partial charge in [-0.15, -0.1) is 0 Å². The van der Waals surface area contributed by atoms with Crippen LogP contribution in [0.1, 0.15) is 12.0 Å². The molecule has 2 N–H and O–H groups in total. The summed E-state index contributed by atoms with van der Waals surface area (Å²) in [6.07, 6.45) is 3.01. The summed E-state index contributed by atoms with van der Waals surface area (Å²) in [4.78, 5) is 6.83. The van der Waals surface area contributed by atoms with E-state index in [0.717, 1.165) is 44.0 Å². The van der Waals surface area contributed by atoms with Crippen LogP contribution < -0.4 is 15.5 Å². The summed E-state index contributed by atoms with van der Waals surface area (Å²) in [6.45, 7) is 2.52. The molecule has 2 aromatic rings. The van der Waals surface area contributed by atoms with Crippen molar-refractivity contribution in [3.8, 4) is 0 Å². The molecule has 6 nitrogen and oxygen atoms in total. The van der Waals surface area contributed by atoms with Gasteiger partial charge in [0.1, 0.15) is 0 Å². The van der Waals surface area contributed by atoms with Gasteiger partial charge in [-0.25, -0.2) is 8.42 Å². The zero-order valence-corrected chi connectivity index (χ0v) is 17.7. The van der Waals surface area contributed by atoms with E-state index in [0.29, 0.717) is 4.90 Å². The fourth-order valence-electron chi connectivity index (χ4n) is 2.78. The van der Waals surface area contributed by atoms with Crippen LogP contribution in [0.2, 0.25) is 0 Å². The Morgan fingerprint density at radius 2 is 1.64 bits per heavy atom. The second kappa shape index (κ2) is 10.7. The average Bonchev–Trinajstić information content (AvgIpc) is 2.70. The van der Waals surface area contributed by atoms with E-state index in [1.165, 1.54) is 11.9 Å². The third kappa shape index (κ3) is 7.23. The summed E-state index contributed by atoms with van der Waals surface area (Å²) in [5.74, 6) is 0.773. The number of hydrogen-bond donors (Lipinski definition) is 2. The number of guanidine groups is 1. The Labute approximate surface area is 168 Å². The van der Waals surface area contributed by atoms with Gasteiger partial charge in [-0.3, -0.25) is 4.99 Å². The standard InChI is InChI=1S/C21H30N4O2S/c1-22-21(23-15-7-17-25(2)19-8-5-4-6-9-19)24-16-14-18-10-12-20(13-11-18)28(3,26)27/h4-6,8-13H,7,14-17H2,1-3H3,(H2,22,23,24). The lowest BCUT2D eigenvalue weighted by atomic mass is 10.1. The van der Waals surface area contributed by atoms with Crippen LogP contribution >= 0.6 is 0 Å². The summed E-state index contributed by atoms with van der Waals surface area (Å²) >= 11 is 0. The van der Waals surface area contributed by atoms with Gasteiger partial charge >= 0.3 is 0 Å². The fraction of sp³-hybridized carbons (Fsp3) is 0.381. The molecule has 0 heterocycles. The third-order valence-corrected chi connectivity index (χ3v) is 5.57. The molecule has 0 spiro atoms. The lowest BCUT2D eigenvalue weighted by molar-refractivity contribution is 0.602. The number of anilines is 1. The van der Waals surface area contributed by atoms with E-state index in [2.05, 4.69) is 39.7 Å². The van der Waals surface area contributed by atoms with Gasteiger partial charge in [-0.2, -0.15) is 0 Å². The van der Waals surface area contributed by atoms with Gasteiger partial charge in [0.2, 0.25) is 0 Å². The minimum atomic E-state index is -3.14. The first-order valence-corrected chi connectivity index (χ1v) is 11.3. The van der Waals surface area contributed by atoms with Crippen molar-refractivity contribution in [1.29, 1.82) is 0 Å².